The third-order valence-corrected chi connectivity index (χ3v) is 2.58. The molecule has 2 rings (SSSR count). The Bertz CT molecular complexity index is 486. The minimum atomic E-state index is -0.738. The molecule has 1 aromatic carbocycles. The molecular formula is C15H17NO. The summed E-state index contributed by atoms with van der Waals surface area (Å²) in [5.74, 6) is 0. The average Bonchev–Trinajstić information content (AvgIpc) is 2.29. The lowest BCUT2D eigenvalue weighted by atomic mass is 9.96. The molecule has 17 heavy (non-hydrogen) atoms. The number of hydrogen-bond donors (Lipinski definition) is 1. The van der Waals surface area contributed by atoms with Gasteiger partial charge in [-0.1, -0.05) is 36.4 Å². The van der Waals surface area contributed by atoms with Crippen LogP contribution in [0.2, 0.25) is 0 Å². The first-order valence-electron chi connectivity index (χ1n) is 5.78. The van der Waals surface area contributed by atoms with Crippen molar-refractivity contribution in [2.75, 3.05) is 0 Å². The Labute approximate surface area is 102 Å². The summed E-state index contributed by atoms with van der Waals surface area (Å²) in [6.07, 6.45) is 2.32. The quantitative estimate of drug-likeness (QED) is 0.874. The molecule has 1 heterocycles. The number of nitrogens with zero attached hydrogens (tertiary/aromatic N) is 1. The second kappa shape index (κ2) is 4.68. The van der Waals surface area contributed by atoms with Gasteiger partial charge in [0.2, 0.25) is 0 Å². The van der Waals surface area contributed by atoms with Crippen molar-refractivity contribution in [1.82, 2.24) is 4.98 Å². The van der Waals surface area contributed by atoms with Gasteiger partial charge in [0, 0.05) is 18.2 Å². The number of aromatic nitrogens is 1. The number of aliphatic hydroxyl groups is 1. The van der Waals surface area contributed by atoms with Gasteiger partial charge in [-0.05, 0) is 25.5 Å². The van der Waals surface area contributed by atoms with E-state index in [0.29, 0.717) is 6.42 Å². The van der Waals surface area contributed by atoms with Crippen molar-refractivity contribution in [1.29, 1.82) is 0 Å². The summed E-state index contributed by atoms with van der Waals surface area (Å²) < 4.78 is 0. The normalized spacial score (nSPS) is 11.5. The number of pyridine rings is 1. The van der Waals surface area contributed by atoms with Gasteiger partial charge >= 0.3 is 0 Å². The number of rotatable bonds is 3. The van der Waals surface area contributed by atoms with Crippen LogP contribution in [0.4, 0.5) is 0 Å². The Morgan fingerprint density at radius 3 is 2.41 bits per heavy atom. The molecule has 2 nitrogen and oxygen atoms in total. The molecule has 2 aromatic rings. The molecule has 0 unspecified atom stereocenters. The van der Waals surface area contributed by atoms with Crippen molar-refractivity contribution in [2.24, 2.45) is 0 Å². The van der Waals surface area contributed by atoms with Crippen molar-refractivity contribution < 1.29 is 5.11 Å². The third-order valence-electron chi connectivity index (χ3n) is 2.58. The highest BCUT2D eigenvalue weighted by Gasteiger charge is 2.17. The molecule has 0 saturated carbocycles. The number of benzene rings is 1. The van der Waals surface area contributed by atoms with E-state index in [-0.39, 0.29) is 0 Å². The van der Waals surface area contributed by atoms with Crippen LogP contribution >= 0.6 is 0 Å². The van der Waals surface area contributed by atoms with Crippen LogP contribution in [-0.4, -0.2) is 15.7 Å². The van der Waals surface area contributed by atoms with E-state index in [9.17, 15) is 5.11 Å². The van der Waals surface area contributed by atoms with E-state index in [1.54, 1.807) is 20.0 Å². The van der Waals surface area contributed by atoms with Crippen molar-refractivity contribution in [3.8, 4) is 11.1 Å². The predicted molar refractivity (Wildman–Crippen MR) is 69.7 cm³/mol. The molecule has 1 N–H and O–H groups in total. The van der Waals surface area contributed by atoms with Gasteiger partial charge in [-0.25, -0.2) is 0 Å². The zero-order valence-corrected chi connectivity index (χ0v) is 10.2. The van der Waals surface area contributed by atoms with Crippen LogP contribution in [-0.2, 0) is 6.42 Å². The lowest BCUT2D eigenvalue weighted by molar-refractivity contribution is 0.0801. The SMILES string of the molecule is CC(C)(O)Cc1ncccc1-c1ccccc1. The molecule has 0 fully saturated rings. The Hall–Kier alpha value is -1.67. The van der Waals surface area contributed by atoms with Crippen LogP contribution in [0.1, 0.15) is 19.5 Å². The van der Waals surface area contributed by atoms with Gasteiger partial charge < -0.3 is 5.11 Å². The molecule has 0 radical (unpaired) electrons. The molecule has 0 bridgehead atoms. The van der Waals surface area contributed by atoms with Gasteiger partial charge in [-0.3, -0.25) is 4.98 Å². The van der Waals surface area contributed by atoms with Crippen LogP contribution in [0, 0.1) is 0 Å². The largest absolute Gasteiger partial charge is 0.390 e. The van der Waals surface area contributed by atoms with Crippen molar-refractivity contribution >= 4 is 0 Å². The molecular weight excluding hydrogens is 210 g/mol. The fraction of sp³-hybridized carbons (Fsp3) is 0.267. The maximum Gasteiger partial charge on any atom is 0.0647 e. The molecule has 0 atom stereocenters. The van der Waals surface area contributed by atoms with Crippen LogP contribution in [0.3, 0.4) is 0 Å². The Morgan fingerprint density at radius 1 is 1.06 bits per heavy atom. The minimum Gasteiger partial charge on any atom is -0.390 e. The van der Waals surface area contributed by atoms with Crippen LogP contribution < -0.4 is 0 Å². The van der Waals surface area contributed by atoms with Crippen molar-refractivity contribution in [2.45, 2.75) is 25.9 Å². The van der Waals surface area contributed by atoms with E-state index in [0.717, 1.165) is 16.8 Å². The highest BCUT2D eigenvalue weighted by atomic mass is 16.3. The van der Waals surface area contributed by atoms with E-state index in [4.69, 9.17) is 0 Å². The fourth-order valence-corrected chi connectivity index (χ4v) is 1.87. The summed E-state index contributed by atoms with van der Waals surface area (Å²) in [4.78, 5) is 4.38. The molecule has 2 heteroatoms. The minimum absolute atomic E-state index is 0.554. The summed E-state index contributed by atoms with van der Waals surface area (Å²) in [7, 11) is 0. The topological polar surface area (TPSA) is 33.1 Å². The smallest absolute Gasteiger partial charge is 0.0647 e. The maximum absolute atomic E-state index is 9.90. The van der Waals surface area contributed by atoms with E-state index < -0.39 is 5.60 Å². The lowest BCUT2D eigenvalue weighted by Crippen LogP contribution is -2.22. The summed E-state index contributed by atoms with van der Waals surface area (Å²) in [5.41, 5.74) is 2.43. The second-order valence-corrected chi connectivity index (χ2v) is 4.85. The van der Waals surface area contributed by atoms with E-state index in [2.05, 4.69) is 17.1 Å². The zero-order chi connectivity index (χ0) is 12.3. The van der Waals surface area contributed by atoms with Gasteiger partial charge in [0.25, 0.3) is 0 Å². The Balaban J connectivity index is 2.41. The highest BCUT2D eigenvalue weighted by Crippen LogP contribution is 2.24. The van der Waals surface area contributed by atoms with Crippen molar-refractivity contribution in [3.63, 3.8) is 0 Å². The van der Waals surface area contributed by atoms with Crippen LogP contribution in [0.25, 0.3) is 11.1 Å². The summed E-state index contributed by atoms with van der Waals surface area (Å²) in [6.45, 7) is 3.60. The number of hydrogen-bond acceptors (Lipinski definition) is 2. The van der Waals surface area contributed by atoms with Gasteiger partial charge in [0.1, 0.15) is 0 Å². The molecule has 88 valence electrons. The predicted octanol–water partition coefficient (Wildman–Crippen LogP) is 3.06. The van der Waals surface area contributed by atoms with Crippen LogP contribution in [0.5, 0.6) is 0 Å². The van der Waals surface area contributed by atoms with Crippen molar-refractivity contribution in [3.05, 3.63) is 54.4 Å². The second-order valence-electron chi connectivity index (χ2n) is 4.85. The first-order valence-corrected chi connectivity index (χ1v) is 5.78. The monoisotopic (exact) mass is 227 g/mol. The molecule has 0 spiro atoms. The Kier molecular flexibility index (Phi) is 3.25. The summed E-state index contributed by atoms with van der Waals surface area (Å²) in [5, 5.41) is 9.90. The molecule has 0 aliphatic carbocycles. The Morgan fingerprint density at radius 2 is 1.76 bits per heavy atom. The first-order chi connectivity index (χ1) is 8.06. The molecule has 0 aliphatic heterocycles. The lowest BCUT2D eigenvalue weighted by Gasteiger charge is -2.18. The van der Waals surface area contributed by atoms with Gasteiger partial charge in [-0.15, -0.1) is 0 Å². The summed E-state index contributed by atoms with van der Waals surface area (Å²) in [6, 6.07) is 14.1. The van der Waals surface area contributed by atoms with Gasteiger partial charge in [0.05, 0.1) is 11.3 Å². The van der Waals surface area contributed by atoms with E-state index >= 15 is 0 Å². The van der Waals surface area contributed by atoms with E-state index in [1.165, 1.54) is 0 Å². The average molecular weight is 227 g/mol. The molecule has 0 aliphatic rings. The maximum atomic E-state index is 9.90. The molecule has 0 saturated heterocycles. The first kappa shape index (κ1) is 11.8. The molecule has 1 aromatic heterocycles. The zero-order valence-electron chi connectivity index (χ0n) is 10.2. The summed E-state index contributed by atoms with van der Waals surface area (Å²) >= 11 is 0. The highest BCUT2D eigenvalue weighted by molar-refractivity contribution is 5.65. The van der Waals surface area contributed by atoms with Gasteiger partial charge in [-0.2, -0.15) is 0 Å². The molecule has 0 amide bonds. The standard InChI is InChI=1S/C15H17NO/c1-15(2,17)11-14-13(9-6-10-16-14)12-7-4-3-5-8-12/h3-10,17H,11H2,1-2H3. The van der Waals surface area contributed by atoms with Crippen LogP contribution in [0.15, 0.2) is 48.7 Å². The van der Waals surface area contributed by atoms with Gasteiger partial charge in [0.15, 0.2) is 0 Å². The third kappa shape index (κ3) is 3.14. The van der Waals surface area contributed by atoms with E-state index in [1.807, 2.05) is 30.3 Å². The fourth-order valence-electron chi connectivity index (χ4n) is 1.87.